The lowest BCUT2D eigenvalue weighted by Gasteiger charge is -2.17. The van der Waals surface area contributed by atoms with Gasteiger partial charge in [0.2, 0.25) is 0 Å². The van der Waals surface area contributed by atoms with Crippen LogP contribution in [0.1, 0.15) is 5.56 Å². The molecular weight excluding hydrogens is 236 g/mol. The molecule has 2 aromatic carbocycles. The van der Waals surface area contributed by atoms with E-state index in [4.69, 9.17) is 4.74 Å². The molecule has 0 saturated carbocycles. The van der Waals surface area contributed by atoms with Gasteiger partial charge >= 0.3 is 0 Å². The molecule has 2 aliphatic rings. The molecule has 19 heavy (non-hydrogen) atoms. The molecule has 0 fully saturated rings. The molecule has 0 amide bonds. The first-order chi connectivity index (χ1) is 9.43. The van der Waals surface area contributed by atoms with Crippen molar-refractivity contribution in [1.29, 1.82) is 0 Å². The van der Waals surface area contributed by atoms with Crippen LogP contribution in [-0.2, 0) is 6.42 Å². The van der Waals surface area contributed by atoms with Crippen LogP contribution >= 0.6 is 0 Å². The molecule has 0 spiro atoms. The van der Waals surface area contributed by atoms with Gasteiger partial charge in [0, 0.05) is 18.8 Å². The molecule has 0 saturated heterocycles. The zero-order valence-corrected chi connectivity index (χ0v) is 10.9. The number of hydrogen-bond donors (Lipinski definition) is 2. The van der Waals surface area contributed by atoms with Gasteiger partial charge in [-0.1, -0.05) is 30.3 Å². The van der Waals surface area contributed by atoms with E-state index in [1.165, 1.54) is 17.7 Å². The van der Waals surface area contributed by atoms with Gasteiger partial charge in [-0.15, -0.1) is 0 Å². The molecule has 2 heterocycles. The van der Waals surface area contributed by atoms with Crippen molar-refractivity contribution in [3.05, 3.63) is 54.1 Å². The van der Waals surface area contributed by atoms with Crippen LogP contribution in [0.2, 0.25) is 0 Å². The Bertz CT molecular complexity index is 506. The number of rotatable bonds is 0. The maximum atomic E-state index is 5.36. The van der Waals surface area contributed by atoms with Gasteiger partial charge in [0.15, 0.2) is 0 Å². The van der Waals surface area contributed by atoms with Gasteiger partial charge in [0.25, 0.3) is 0 Å². The summed E-state index contributed by atoms with van der Waals surface area (Å²) in [5, 5.41) is 6.54. The van der Waals surface area contributed by atoms with Crippen LogP contribution in [0.3, 0.4) is 0 Å². The number of nitrogens with one attached hydrogen (secondary N) is 2. The van der Waals surface area contributed by atoms with Gasteiger partial charge in [-0.05, 0) is 30.2 Å². The van der Waals surface area contributed by atoms with Crippen molar-refractivity contribution >= 4 is 11.4 Å². The number of benzene rings is 2. The van der Waals surface area contributed by atoms with Crippen molar-refractivity contribution in [3.8, 4) is 5.75 Å². The Balaban J connectivity index is 0.000000117. The fourth-order valence-corrected chi connectivity index (χ4v) is 2.33. The second-order valence-corrected chi connectivity index (χ2v) is 4.61. The van der Waals surface area contributed by atoms with E-state index >= 15 is 0 Å². The molecular formula is C16H18N2O. The summed E-state index contributed by atoms with van der Waals surface area (Å²) in [6.45, 7) is 2.80. The summed E-state index contributed by atoms with van der Waals surface area (Å²) in [5.41, 5.74) is 3.88. The maximum absolute atomic E-state index is 5.36. The summed E-state index contributed by atoms with van der Waals surface area (Å²) in [5.74, 6) is 0.966. The molecule has 4 rings (SSSR count). The first-order valence-corrected chi connectivity index (χ1v) is 6.71. The number of hydrogen-bond acceptors (Lipinski definition) is 3. The minimum absolute atomic E-state index is 0.775. The maximum Gasteiger partial charge on any atom is 0.142 e. The molecule has 0 bridgehead atoms. The van der Waals surface area contributed by atoms with Gasteiger partial charge in [0.05, 0.1) is 5.69 Å². The van der Waals surface area contributed by atoms with Crippen molar-refractivity contribution in [2.24, 2.45) is 0 Å². The summed E-state index contributed by atoms with van der Waals surface area (Å²) in [6, 6.07) is 16.4. The highest BCUT2D eigenvalue weighted by Gasteiger charge is 2.06. The predicted molar refractivity (Wildman–Crippen MR) is 79.1 cm³/mol. The minimum atomic E-state index is 0.775. The lowest BCUT2D eigenvalue weighted by Crippen LogP contribution is -2.17. The molecule has 0 unspecified atom stereocenters. The lowest BCUT2D eigenvalue weighted by molar-refractivity contribution is 0.323. The molecule has 0 aliphatic carbocycles. The van der Waals surface area contributed by atoms with Crippen molar-refractivity contribution < 1.29 is 4.74 Å². The van der Waals surface area contributed by atoms with Gasteiger partial charge in [-0.2, -0.15) is 0 Å². The Kier molecular flexibility index (Phi) is 3.54. The Hall–Kier alpha value is -2.16. The second-order valence-electron chi connectivity index (χ2n) is 4.61. The van der Waals surface area contributed by atoms with E-state index in [1.54, 1.807) is 0 Å². The minimum Gasteiger partial charge on any atom is -0.490 e. The standard InChI is InChI=1S/C8H9NO.C8H9N/c1-2-4-8-7(3-1)9-5-6-10-8;1-2-4-8-7(3-1)5-6-9-8/h1-4,9H,5-6H2;1-4,9H,5-6H2. The van der Waals surface area contributed by atoms with E-state index in [0.29, 0.717) is 0 Å². The van der Waals surface area contributed by atoms with Gasteiger partial charge in [-0.3, -0.25) is 0 Å². The van der Waals surface area contributed by atoms with Gasteiger partial charge in [-0.25, -0.2) is 0 Å². The van der Waals surface area contributed by atoms with Crippen LogP contribution in [0.15, 0.2) is 48.5 Å². The highest BCUT2D eigenvalue weighted by atomic mass is 16.5. The highest BCUT2D eigenvalue weighted by molar-refractivity contribution is 5.57. The van der Waals surface area contributed by atoms with Crippen molar-refractivity contribution in [2.75, 3.05) is 30.3 Å². The third-order valence-electron chi connectivity index (χ3n) is 3.29. The summed E-state index contributed by atoms with van der Waals surface area (Å²) < 4.78 is 5.36. The van der Waals surface area contributed by atoms with Gasteiger partial charge in [0.1, 0.15) is 12.4 Å². The van der Waals surface area contributed by atoms with Crippen molar-refractivity contribution in [2.45, 2.75) is 6.42 Å². The second kappa shape index (κ2) is 5.65. The summed E-state index contributed by atoms with van der Waals surface area (Å²) in [6.07, 6.45) is 1.19. The summed E-state index contributed by atoms with van der Waals surface area (Å²) in [7, 11) is 0. The Morgan fingerprint density at radius 3 is 2.37 bits per heavy atom. The topological polar surface area (TPSA) is 33.3 Å². The van der Waals surface area contributed by atoms with Crippen LogP contribution in [0, 0.1) is 0 Å². The molecule has 0 aromatic heterocycles. The molecule has 98 valence electrons. The van der Waals surface area contributed by atoms with E-state index in [-0.39, 0.29) is 0 Å². The molecule has 2 aromatic rings. The Morgan fingerprint density at radius 2 is 1.53 bits per heavy atom. The van der Waals surface area contributed by atoms with Crippen molar-refractivity contribution in [1.82, 2.24) is 0 Å². The average Bonchev–Trinajstić information content (AvgIpc) is 2.96. The fraction of sp³-hybridized carbons (Fsp3) is 0.250. The smallest absolute Gasteiger partial charge is 0.142 e. The van der Waals surface area contributed by atoms with E-state index in [1.807, 2.05) is 24.3 Å². The number of fused-ring (bicyclic) bond motifs is 2. The quantitative estimate of drug-likeness (QED) is 0.757. The monoisotopic (exact) mass is 254 g/mol. The van der Waals surface area contributed by atoms with Crippen LogP contribution in [-0.4, -0.2) is 19.7 Å². The number of para-hydroxylation sites is 3. The predicted octanol–water partition coefficient (Wildman–Crippen LogP) is 3.15. The van der Waals surface area contributed by atoms with E-state index in [2.05, 4.69) is 34.9 Å². The van der Waals surface area contributed by atoms with Crippen LogP contribution < -0.4 is 15.4 Å². The zero-order chi connectivity index (χ0) is 12.9. The molecule has 3 nitrogen and oxygen atoms in total. The third kappa shape index (κ3) is 2.81. The zero-order valence-electron chi connectivity index (χ0n) is 10.9. The largest absolute Gasteiger partial charge is 0.490 e. The molecule has 2 aliphatic heterocycles. The number of ether oxygens (including phenoxy) is 1. The van der Waals surface area contributed by atoms with E-state index in [9.17, 15) is 0 Å². The lowest BCUT2D eigenvalue weighted by atomic mass is 10.2. The molecule has 3 heteroatoms. The van der Waals surface area contributed by atoms with Gasteiger partial charge < -0.3 is 15.4 Å². The van der Waals surface area contributed by atoms with Crippen LogP contribution in [0.4, 0.5) is 11.4 Å². The van der Waals surface area contributed by atoms with Crippen molar-refractivity contribution in [3.63, 3.8) is 0 Å². The van der Waals surface area contributed by atoms with E-state index < -0.39 is 0 Å². The summed E-state index contributed by atoms with van der Waals surface area (Å²) in [4.78, 5) is 0. The number of anilines is 2. The molecule has 0 radical (unpaired) electrons. The third-order valence-corrected chi connectivity index (χ3v) is 3.29. The van der Waals surface area contributed by atoms with Crippen LogP contribution in [0.25, 0.3) is 0 Å². The first-order valence-electron chi connectivity index (χ1n) is 6.71. The Labute approximate surface area is 113 Å². The highest BCUT2D eigenvalue weighted by Crippen LogP contribution is 2.25. The summed E-state index contributed by atoms with van der Waals surface area (Å²) >= 11 is 0. The van der Waals surface area contributed by atoms with E-state index in [0.717, 1.165) is 31.1 Å². The molecule has 0 atom stereocenters. The fourth-order valence-electron chi connectivity index (χ4n) is 2.33. The molecule has 2 N–H and O–H groups in total. The Morgan fingerprint density at radius 1 is 0.789 bits per heavy atom. The first kappa shape index (κ1) is 11.9. The SMILES string of the molecule is c1ccc2c(c1)CCN2.c1ccc2c(c1)NCCO2. The average molecular weight is 254 g/mol. The van der Waals surface area contributed by atoms with Crippen LogP contribution in [0.5, 0.6) is 5.75 Å². The normalized spacial score (nSPS) is 14.7.